The van der Waals surface area contributed by atoms with Crippen molar-refractivity contribution in [3.63, 3.8) is 0 Å². The van der Waals surface area contributed by atoms with Gasteiger partial charge in [-0.3, -0.25) is 4.57 Å². The largest absolute Gasteiger partial charge is 0.445 e. The summed E-state index contributed by atoms with van der Waals surface area (Å²) in [4.78, 5) is 41.5. The van der Waals surface area contributed by atoms with Crippen LogP contribution in [0.4, 0.5) is 15.4 Å². The molecule has 0 aromatic carbocycles. The average Bonchev–Trinajstić information content (AvgIpc) is 3.14. The zero-order valence-corrected chi connectivity index (χ0v) is 16.9. The lowest BCUT2D eigenvalue weighted by Crippen LogP contribution is -2.52. The molecule has 1 aromatic heterocycles. The minimum atomic E-state index is -0.856. The fourth-order valence-corrected chi connectivity index (χ4v) is 3.06. The predicted molar refractivity (Wildman–Crippen MR) is 98.6 cm³/mol. The summed E-state index contributed by atoms with van der Waals surface area (Å²) in [6.45, 7) is 8.78. The van der Waals surface area contributed by atoms with Gasteiger partial charge in [0, 0.05) is 31.2 Å². The number of fused-ring (bicyclic) bond motifs is 1. The number of rotatable bonds is 3. The maximum Gasteiger partial charge on any atom is 0.415 e. The number of imidazole rings is 1. The number of carbonyl (C=O) groups is 2. The van der Waals surface area contributed by atoms with E-state index in [1.807, 2.05) is 0 Å². The van der Waals surface area contributed by atoms with Crippen LogP contribution in [0, 0.1) is 10.1 Å². The Morgan fingerprint density at radius 3 is 2.34 bits per heavy atom. The Balaban J connectivity index is 1.45. The number of nitro groups is 1. The number of amides is 2. The summed E-state index contributed by atoms with van der Waals surface area (Å²) in [5.74, 6) is -0.290. The van der Waals surface area contributed by atoms with Crippen LogP contribution in [-0.2, 0) is 16.0 Å². The van der Waals surface area contributed by atoms with Crippen LogP contribution in [-0.4, -0.2) is 80.4 Å². The first-order chi connectivity index (χ1) is 13.5. The van der Waals surface area contributed by atoms with E-state index >= 15 is 0 Å². The van der Waals surface area contributed by atoms with E-state index < -0.39 is 28.3 Å². The molecule has 2 aliphatic heterocycles. The first kappa shape index (κ1) is 20.7. The Bertz CT molecular complexity index is 784. The monoisotopic (exact) mass is 411 g/mol. The smallest absolute Gasteiger partial charge is 0.415 e. The molecule has 1 fully saturated rings. The van der Waals surface area contributed by atoms with Crippen LogP contribution in [0.3, 0.4) is 0 Å². The second-order valence-electron chi connectivity index (χ2n) is 8.33. The second kappa shape index (κ2) is 7.41. The molecule has 12 heteroatoms. The van der Waals surface area contributed by atoms with Gasteiger partial charge in [-0.25, -0.2) is 9.59 Å². The second-order valence-corrected chi connectivity index (χ2v) is 8.33. The molecule has 12 nitrogen and oxygen atoms in total. The summed E-state index contributed by atoms with van der Waals surface area (Å²) < 4.78 is 17.9. The van der Waals surface area contributed by atoms with Crippen LogP contribution in [0.25, 0.3) is 0 Å². The Morgan fingerprint density at radius 1 is 1.24 bits per heavy atom. The molecule has 3 heterocycles. The Hall–Kier alpha value is -3.05. The molecule has 0 bridgehead atoms. The predicted octanol–water partition coefficient (Wildman–Crippen LogP) is 1.63. The molecular weight excluding hydrogens is 386 g/mol. The lowest BCUT2D eigenvalue weighted by Gasteiger charge is -2.35. The van der Waals surface area contributed by atoms with Gasteiger partial charge in [0.05, 0.1) is 6.54 Å². The van der Waals surface area contributed by atoms with Gasteiger partial charge in [-0.1, -0.05) is 0 Å². The molecule has 1 aromatic rings. The summed E-state index contributed by atoms with van der Waals surface area (Å²) in [5, 5.41) is 10.8. The topological polar surface area (TPSA) is 129 Å². The van der Waals surface area contributed by atoms with Gasteiger partial charge in [0.2, 0.25) is 0 Å². The lowest BCUT2D eigenvalue weighted by atomic mass is 10.1. The molecule has 0 spiro atoms. The number of carbonyl (C=O) groups excluding carboxylic acids is 2. The first-order valence-corrected chi connectivity index (χ1v) is 9.26. The number of hydrogen-bond acceptors (Lipinski definition) is 8. The molecule has 2 aliphatic rings. The Morgan fingerprint density at radius 2 is 1.83 bits per heavy atom. The highest BCUT2D eigenvalue weighted by Gasteiger charge is 2.42. The van der Waals surface area contributed by atoms with E-state index in [1.165, 1.54) is 15.7 Å². The summed E-state index contributed by atoms with van der Waals surface area (Å²) in [7, 11) is 0. The highest BCUT2D eigenvalue weighted by Crippen LogP contribution is 2.31. The van der Waals surface area contributed by atoms with Gasteiger partial charge in [0.25, 0.3) is 0 Å². The molecular formula is C17H25N5O7. The van der Waals surface area contributed by atoms with E-state index in [0.717, 1.165) is 0 Å². The van der Waals surface area contributed by atoms with Crippen LogP contribution in [0.2, 0.25) is 0 Å². The normalized spacial score (nSPS) is 21.4. The highest BCUT2D eigenvalue weighted by atomic mass is 16.6. The number of piperazine rings is 1. The number of nitrogens with zero attached hydrogens (tertiary/aromatic N) is 5. The fourth-order valence-electron chi connectivity index (χ4n) is 3.06. The molecule has 0 unspecified atom stereocenters. The molecule has 0 saturated carbocycles. The van der Waals surface area contributed by atoms with Gasteiger partial charge in [0.1, 0.15) is 18.4 Å². The van der Waals surface area contributed by atoms with E-state index in [9.17, 15) is 19.7 Å². The van der Waals surface area contributed by atoms with Gasteiger partial charge in [-0.15, -0.1) is 0 Å². The molecule has 0 N–H and O–H groups in total. The quantitative estimate of drug-likeness (QED) is 0.542. The van der Waals surface area contributed by atoms with Crippen LogP contribution in [0.1, 0.15) is 27.7 Å². The van der Waals surface area contributed by atoms with Crippen molar-refractivity contribution in [2.45, 2.75) is 45.4 Å². The molecule has 2 amide bonds. The van der Waals surface area contributed by atoms with Crippen molar-refractivity contribution < 1.29 is 28.7 Å². The fraction of sp³-hybridized carbons (Fsp3) is 0.706. The average molecular weight is 411 g/mol. The molecule has 0 aliphatic carbocycles. The van der Waals surface area contributed by atoms with Gasteiger partial charge in [-0.2, -0.15) is 0 Å². The van der Waals surface area contributed by atoms with Crippen molar-refractivity contribution in [3.8, 4) is 6.01 Å². The third-order valence-corrected chi connectivity index (χ3v) is 4.45. The van der Waals surface area contributed by atoms with E-state index in [-0.39, 0.29) is 25.0 Å². The third-order valence-electron chi connectivity index (χ3n) is 4.45. The first-order valence-electron chi connectivity index (χ1n) is 9.26. The lowest BCUT2D eigenvalue weighted by molar-refractivity contribution is -0.389. The van der Waals surface area contributed by atoms with Crippen LogP contribution in [0.15, 0.2) is 6.20 Å². The van der Waals surface area contributed by atoms with Crippen LogP contribution < -0.4 is 4.74 Å². The maximum absolute atomic E-state index is 12.4. The summed E-state index contributed by atoms with van der Waals surface area (Å²) in [5.41, 5.74) is -1.43. The Labute approximate surface area is 167 Å². The Kier molecular flexibility index (Phi) is 5.28. The minimum absolute atomic E-state index is 0.0325. The van der Waals surface area contributed by atoms with Crippen molar-refractivity contribution in [1.29, 1.82) is 0 Å². The number of aromatic nitrogens is 2. The summed E-state index contributed by atoms with van der Waals surface area (Å²) in [6.07, 6.45) is 0.383. The molecule has 29 heavy (non-hydrogen) atoms. The van der Waals surface area contributed by atoms with Gasteiger partial charge >= 0.3 is 24.0 Å². The van der Waals surface area contributed by atoms with Crippen molar-refractivity contribution in [3.05, 3.63) is 16.3 Å². The SMILES string of the molecule is CC(C)(C)OC(=O)N1CCN(C(=O)OC[C@@]2(C)Cn3cc([N+](=O)[O-])nc3O2)CC1. The maximum atomic E-state index is 12.4. The van der Waals surface area contributed by atoms with Crippen molar-refractivity contribution in [2.24, 2.45) is 0 Å². The van der Waals surface area contributed by atoms with E-state index in [2.05, 4.69) is 4.98 Å². The molecule has 1 atom stereocenters. The number of ether oxygens (including phenoxy) is 3. The third kappa shape index (κ3) is 4.87. The van der Waals surface area contributed by atoms with Crippen LogP contribution >= 0.6 is 0 Å². The van der Waals surface area contributed by atoms with E-state index in [0.29, 0.717) is 26.2 Å². The summed E-state index contributed by atoms with van der Waals surface area (Å²) >= 11 is 0. The van der Waals surface area contributed by atoms with Crippen molar-refractivity contribution >= 4 is 18.0 Å². The van der Waals surface area contributed by atoms with Gasteiger partial charge in [-0.05, 0) is 32.6 Å². The molecule has 160 valence electrons. The number of hydrogen-bond donors (Lipinski definition) is 0. The summed E-state index contributed by atoms with van der Waals surface area (Å²) in [6, 6.07) is 0.126. The van der Waals surface area contributed by atoms with Crippen molar-refractivity contribution in [2.75, 3.05) is 32.8 Å². The molecule has 0 radical (unpaired) electrons. The standard InChI is InChI=1S/C17H25N5O7/c1-16(2,3)29-15(24)20-7-5-19(6-8-20)14(23)27-11-17(4)10-21-9-12(22(25)26)18-13(21)28-17/h9H,5-8,10-11H2,1-4H3/t17-/m1/s1. The van der Waals surface area contributed by atoms with E-state index in [1.54, 1.807) is 32.6 Å². The zero-order chi connectivity index (χ0) is 21.4. The van der Waals surface area contributed by atoms with Gasteiger partial charge in [0.15, 0.2) is 5.60 Å². The molecule has 3 rings (SSSR count). The zero-order valence-electron chi connectivity index (χ0n) is 16.9. The minimum Gasteiger partial charge on any atom is -0.445 e. The van der Waals surface area contributed by atoms with Crippen LogP contribution in [0.5, 0.6) is 6.01 Å². The van der Waals surface area contributed by atoms with Crippen molar-refractivity contribution in [1.82, 2.24) is 19.4 Å². The van der Waals surface area contributed by atoms with Gasteiger partial charge < -0.3 is 34.1 Å². The molecule has 1 saturated heterocycles. The van der Waals surface area contributed by atoms with E-state index in [4.69, 9.17) is 14.2 Å². The highest BCUT2D eigenvalue weighted by molar-refractivity contribution is 5.70.